The van der Waals surface area contributed by atoms with Crippen LogP contribution in [0.3, 0.4) is 0 Å². The van der Waals surface area contributed by atoms with E-state index in [4.69, 9.17) is 11.6 Å². The Morgan fingerprint density at radius 2 is 1.95 bits per heavy atom. The summed E-state index contributed by atoms with van der Waals surface area (Å²) in [7, 11) is 0. The van der Waals surface area contributed by atoms with Gasteiger partial charge < -0.3 is 4.90 Å². The van der Waals surface area contributed by atoms with Crippen LogP contribution in [0.1, 0.15) is 29.6 Å². The maximum atomic E-state index is 12.9. The third kappa shape index (κ3) is 3.03. The molecule has 0 N–H and O–H groups in total. The average molecular weight is 292 g/mol. The van der Waals surface area contributed by atoms with Crippen molar-refractivity contribution in [2.75, 3.05) is 6.54 Å². The monoisotopic (exact) mass is 291 g/mol. The molecule has 0 bridgehead atoms. The summed E-state index contributed by atoms with van der Waals surface area (Å²) in [5.41, 5.74) is 0.125. The van der Waals surface area contributed by atoms with Gasteiger partial charge in [-0.2, -0.15) is 13.2 Å². The van der Waals surface area contributed by atoms with Gasteiger partial charge in [0.1, 0.15) is 6.04 Å². The average Bonchev–Trinajstić information content (AvgIpc) is 2.37. The summed E-state index contributed by atoms with van der Waals surface area (Å²) in [4.78, 5) is 13.1. The number of hydrogen-bond acceptors (Lipinski definition) is 1. The van der Waals surface area contributed by atoms with E-state index in [9.17, 15) is 18.0 Å². The summed E-state index contributed by atoms with van der Waals surface area (Å²) >= 11 is 5.87. The predicted octanol–water partition coefficient (Wildman–Crippen LogP) is 3.90. The van der Waals surface area contributed by atoms with Gasteiger partial charge in [-0.25, -0.2) is 0 Å². The largest absolute Gasteiger partial charge is 0.408 e. The van der Waals surface area contributed by atoms with Gasteiger partial charge in [0, 0.05) is 6.54 Å². The molecule has 2 nitrogen and oxygen atoms in total. The number of likely N-dealkylation sites (tertiary alicyclic amines) is 1. The van der Waals surface area contributed by atoms with E-state index in [1.54, 1.807) is 12.1 Å². The molecule has 1 aliphatic heterocycles. The molecule has 0 aliphatic carbocycles. The second-order valence-corrected chi connectivity index (χ2v) is 4.94. The van der Waals surface area contributed by atoms with Crippen LogP contribution in [0.25, 0.3) is 0 Å². The highest BCUT2D eigenvalue weighted by atomic mass is 35.5. The molecule has 0 aromatic heterocycles. The third-order valence-electron chi connectivity index (χ3n) is 3.25. The second-order valence-electron chi connectivity index (χ2n) is 4.53. The minimum absolute atomic E-state index is 0.0420. The third-order valence-corrected chi connectivity index (χ3v) is 3.58. The zero-order valence-corrected chi connectivity index (χ0v) is 10.8. The van der Waals surface area contributed by atoms with Crippen LogP contribution in [0.2, 0.25) is 5.02 Å². The lowest BCUT2D eigenvalue weighted by Gasteiger charge is -2.36. The van der Waals surface area contributed by atoms with E-state index < -0.39 is 18.1 Å². The van der Waals surface area contributed by atoms with Crippen molar-refractivity contribution in [2.24, 2.45) is 0 Å². The number of alkyl halides is 3. The molecule has 1 saturated heterocycles. The maximum absolute atomic E-state index is 12.9. The minimum atomic E-state index is -4.39. The maximum Gasteiger partial charge on any atom is 0.408 e. The van der Waals surface area contributed by atoms with Crippen LogP contribution < -0.4 is 0 Å². The quantitative estimate of drug-likeness (QED) is 0.768. The van der Waals surface area contributed by atoms with E-state index in [0.29, 0.717) is 12.8 Å². The lowest BCUT2D eigenvalue weighted by molar-refractivity contribution is -0.183. The Bertz CT molecular complexity index is 475. The first-order valence-corrected chi connectivity index (χ1v) is 6.41. The van der Waals surface area contributed by atoms with Crippen molar-refractivity contribution >= 4 is 17.5 Å². The van der Waals surface area contributed by atoms with E-state index >= 15 is 0 Å². The molecule has 2 rings (SSSR count). The van der Waals surface area contributed by atoms with E-state index in [1.807, 2.05) is 0 Å². The summed E-state index contributed by atoms with van der Waals surface area (Å²) in [6, 6.07) is 4.47. The molecule has 0 radical (unpaired) electrons. The van der Waals surface area contributed by atoms with Crippen molar-refractivity contribution in [3.63, 3.8) is 0 Å². The van der Waals surface area contributed by atoms with Gasteiger partial charge in [-0.3, -0.25) is 4.79 Å². The van der Waals surface area contributed by atoms with Crippen LogP contribution in [-0.2, 0) is 0 Å². The minimum Gasteiger partial charge on any atom is -0.326 e. The van der Waals surface area contributed by atoms with Gasteiger partial charge in [-0.05, 0) is 31.4 Å². The molecule has 1 amide bonds. The molecular weight excluding hydrogens is 279 g/mol. The van der Waals surface area contributed by atoms with Gasteiger partial charge in [-0.15, -0.1) is 0 Å². The molecule has 1 fully saturated rings. The Hall–Kier alpha value is -1.23. The number of hydrogen-bond donors (Lipinski definition) is 0. The molecule has 0 spiro atoms. The molecule has 1 aromatic rings. The Kier molecular flexibility index (Phi) is 4.04. The first-order chi connectivity index (χ1) is 8.91. The van der Waals surface area contributed by atoms with Crippen LogP contribution in [0.5, 0.6) is 0 Å². The normalized spacial score (nSPS) is 20.4. The van der Waals surface area contributed by atoms with Gasteiger partial charge in [-0.1, -0.05) is 23.7 Å². The first-order valence-electron chi connectivity index (χ1n) is 6.03. The Labute approximate surface area is 114 Å². The fourth-order valence-corrected chi connectivity index (χ4v) is 2.52. The fourth-order valence-electron chi connectivity index (χ4n) is 2.30. The van der Waals surface area contributed by atoms with E-state index in [-0.39, 0.29) is 23.6 Å². The van der Waals surface area contributed by atoms with Crippen LogP contribution >= 0.6 is 11.6 Å². The SMILES string of the molecule is O=C(c1ccccc1Cl)N1CCCCC1C(F)(F)F. The number of nitrogens with zero attached hydrogens (tertiary/aromatic N) is 1. The van der Waals surface area contributed by atoms with Gasteiger partial charge >= 0.3 is 6.18 Å². The van der Waals surface area contributed by atoms with Gasteiger partial charge in [0.2, 0.25) is 0 Å². The molecule has 1 unspecified atom stereocenters. The summed E-state index contributed by atoms with van der Waals surface area (Å²) in [6.45, 7) is 0.119. The highest BCUT2D eigenvalue weighted by Crippen LogP contribution is 2.33. The summed E-state index contributed by atoms with van der Waals surface area (Å²) < 4.78 is 38.8. The number of amides is 1. The van der Waals surface area contributed by atoms with Crippen molar-refractivity contribution in [3.05, 3.63) is 34.9 Å². The van der Waals surface area contributed by atoms with Crippen LogP contribution in [0.4, 0.5) is 13.2 Å². The predicted molar refractivity (Wildman–Crippen MR) is 66.2 cm³/mol. The number of carbonyl (C=O) groups excluding carboxylic acids is 1. The van der Waals surface area contributed by atoms with E-state index in [2.05, 4.69) is 0 Å². The van der Waals surface area contributed by atoms with Crippen LogP contribution in [0, 0.1) is 0 Å². The standard InChI is InChI=1S/C13H13ClF3NO/c14-10-6-2-1-5-9(10)12(19)18-8-4-3-7-11(18)13(15,16)17/h1-2,5-6,11H,3-4,7-8H2. The van der Waals surface area contributed by atoms with Crippen molar-refractivity contribution < 1.29 is 18.0 Å². The molecule has 1 aliphatic rings. The summed E-state index contributed by atoms with van der Waals surface area (Å²) in [6.07, 6.45) is -3.36. The Morgan fingerprint density at radius 3 is 2.58 bits per heavy atom. The lowest BCUT2D eigenvalue weighted by Crippen LogP contribution is -2.51. The summed E-state index contributed by atoms with van der Waals surface area (Å²) in [5.74, 6) is -0.646. The number of rotatable bonds is 1. The summed E-state index contributed by atoms with van der Waals surface area (Å²) in [5, 5.41) is 0.180. The molecule has 104 valence electrons. The molecule has 1 atom stereocenters. The molecule has 6 heteroatoms. The van der Waals surface area contributed by atoms with Crippen molar-refractivity contribution in [1.82, 2.24) is 4.90 Å². The van der Waals surface area contributed by atoms with E-state index in [1.165, 1.54) is 12.1 Å². The zero-order chi connectivity index (χ0) is 14.0. The smallest absolute Gasteiger partial charge is 0.326 e. The van der Waals surface area contributed by atoms with Gasteiger partial charge in [0.15, 0.2) is 0 Å². The van der Waals surface area contributed by atoms with Crippen molar-refractivity contribution in [2.45, 2.75) is 31.5 Å². The molecule has 1 heterocycles. The van der Waals surface area contributed by atoms with E-state index in [0.717, 1.165) is 4.90 Å². The number of benzene rings is 1. The highest BCUT2D eigenvalue weighted by Gasteiger charge is 2.46. The topological polar surface area (TPSA) is 20.3 Å². The number of piperidine rings is 1. The molecular formula is C13H13ClF3NO. The number of carbonyl (C=O) groups is 1. The van der Waals surface area contributed by atoms with Gasteiger partial charge in [0.05, 0.1) is 10.6 Å². The lowest BCUT2D eigenvalue weighted by atomic mass is 10.0. The van der Waals surface area contributed by atoms with Gasteiger partial charge in [0.25, 0.3) is 5.91 Å². The molecule has 19 heavy (non-hydrogen) atoms. The van der Waals surface area contributed by atoms with Crippen molar-refractivity contribution in [1.29, 1.82) is 0 Å². The first kappa shape index (κ1) is 14.2. The van der Waals surface area contributed by atoms with Crippen LogP contribution in [0.15, 0.2) is 24.3 Å². The molecule has 0 saturated carbocycles. The zero-order valence-electron chi connectivity index (χ0n) is 10.1. The second kappa shape index (κ2) is 5.41. The highest BCUT2D eigenvalue weighted by molar-refractivity contribution is 6.33. The van der Waals surface area contributed by atoms with Crippen molar-refractivity contribution in [3.8, 4) is 0 Å². The fraction of sp³-hybridized carbons (Fsp3) is 0.462. The molecule has 1 aromatic carbocycles. The van der Waals surface area contributed by atoms with Crippen LogP contribution in [-0.4, -0.2) is 29.6 Å². The Morgan fingerprint density at radius 1 is 1.26 bits per heavy atom. The number of halogens is 4. The Balaban J connectivity index is 2.28.